The number of hydrogen-bond acceptors (Lipinski definition) is 1. The fourth-order valence-corrected chi connectivity index (χ4v) is 1.12. The molecule has 0 unspecified atom stereocenters. The van der Waals surface area contributed by atoms with E-state index in [4.69, 9.17) is 4.74 Å². The van der Waals surface area contributed by atoms with E-state index in [1.807, 2.05) is 0 Å². The van der Waals surface area contributed by atoms with Crippen molar-refractivity contribution >= 4 is 0 Å². The molecule has 0 saturated heterocycles. The monoisotopic (exact) mass is 180 g/mol. The van der Waals surface area contributed by atoms with Gasteiger partial charge in [0.25, 0.3) is 6.73 Å². The number of rotatable bonds is 5. The zero-order chi connectivity index (χ0) is 9.52. The minimum atomic E-state index is 0.665. The van der Waals surface area contributed by atoms with Gasteiger partial charge in [-0.1, -0.05) is 13.8 Å². The summed E-state index contributed by atoms with van der Waals surface area (Å²) in [4.78, 5) is 0. The maximum Gasteiger partial charge on any atom is 0.252 e. The number of ether oxygens (including phenoxy) is 1. The van der Waals surface area contributed by atoms with Gasteiger partial charge in [-0.2, -0.15) is 4.57 Å². The quantitative estimate of drug-likeness (QED) is 0.498. The van der Waals surface area contributed by atoms with E-state index in [0.717, 1.165) is 19.4 Å². The number of pyridine rings is 1. The molecule has 1 aromatic heterocycles. The largest absolute Gasteiger partial charge is 0.323 e. The van der Waals surface area contributed by atoms with Crippen molar-refractivity contribution in [2.24, 2.45) is 0 Å². The van der Waals surface area contributed by atoms with Crippen LogP contribution in [0.2, 0.25) is 0 Å². The highest BCUT2D eigenvalue weighted by atomic mass is 16.5. The smallest absolute Gasteiger partial charge is 0.252 e. The zero-order valence-corrected chi connectivity index (χ0v) is 8.49. The van der Waals surface area contributed by atoms with Crippen LogP contribution in [0.3, 0.4) is 0 Å². The lowest BCUT2D eigenvalue weighted by Crippen LogP contribution is -2.34. The summed E-state index contributed by atoms with van der Waals surface area (Å²) in [5.41, 5.74) is 1.37. The summed E-state index contributed by atoms with van der Waals surface area (Å²) in [5, 5.41) is 0. The van der Waals surface area contributed by atoms with Crippen molar-refractivity contribution in [1.82, 2.24) is 0 Å². The normalized spacial score (nSPS) is 10.3. The van der Waals surface area contributed by atoms with Crippen LogP contribution in [0.1, 0.15) is 25.8 Å². The van der Waals surface area contributed by atoms with Crippen LogP contribution in [0.5, 0.6) is 0 Å². The van der Waals surface area contributed by atoms with E-state index in [9.17, 15) is 0 Å². The fraction of sp³-hybridized carbons (Fsp3) is 0.545. The number of hydrogen-bond donors (Lipinski definition) is 0. The lowest BCUT2D eigenvalue weighted by Gasteiger charge is -1.98. The van der Waals surface area contributed by atoms with Crippen LogP contribution in [0.15, 0.2) is 24.5 Å². The Balaban J connectivity index is 2.40. The van der Waals surface area contributed by atoms with Crippen LogP contribution < -0.4 is 4.57 Å². The van der Waals surface area contributed by atoms with Crippen LogP contribution in [-0.2, 0) is 17.9 Å². The maximum atomic E-state index is 5.41. The molecule has 1 aromatic rings. The van der Waals surface area contributed by atoms with Crippen molar-refractivity contribution in [3.8, 4) is 0 Å². The molecule has 0 amide bonds. The first kappa shape index (κ1) is 10.2. The second-order valence-electron chi connectivity index (χ2n) is 3.11. The van der Waals surface area contributed by atoms with E-state index >= 15 is 0 Å². The molecule has 0 aliphatic heterocycles. The Labute approximate surface area is 80.2 Å². The van der Waals surface area contributed by atoms with Gasteiger partial charge >= 0.3 is 0 Å². The average Bonchev–Trinajstić information content (AvgIpc) is 2.19. The average molecular weight is 180 g/mol. The van der Waals surface area contributed by atoms with E-state index in [0.29, 0.717) is 6.73 Å². The summed E-state index contributed by atoms with van der Waals surface area (Å²) in [6.45, 7) is 5.78. The molecule has 0 aromatic carbocycles. The van der Waals surface area contributed by atoms with Crippen molar-refractivity contribution in [1.29, 1.82) is 0 Å². The molecule has 72 valence electrons. The summed E-state index contributed by atoms with van der Waals surface area (Å²) in [6, 6.07) is 4.27. The highest BCUT2D eigenvalue weighted by Gasteiger charge is 1.98. The van der Waals surface area contributed by atoms with Gasteiger partial charge in [0.15, 0.2) is 12.4 Å². The molecule has 0 N–H and O–H groups in total. The molecule has 1 rings (SSSR count). The highest BCUT2D eigenvalue weighted by molar-refractivity contribution is 5.06. The third kappa shape index (κ3) is 3.55. The number of aromatic nitrogens is 1. The van der Waals surface area contributed by atoms with Gasteiger partial charge in [-0.05, 0) is 18.4 Å². The van der Waals surface area contributed by atoms with Gasteiger partial charge < -0.3 is 4.74 Å². The summed E-state index contributed by atoms with van der Waals surface area (Å²) >= 11 is 0. The highest BCUT2D eigenvalue weighted by Crippen LogP contribution is 1.94. The van der Waals surface area contributed by atoms with Gasteiger partial charge in [-0.15, -0.1) is 0 Å². The van der Waals surface area contributed by atoms with Gasteiger partial charge in [0.05, 0.1) is 6.61 Å². The zero-order valence-electron chi connectivity index (χ0n) is 8.49. The predicted molar refractivity (Wildman–Crippen MR) is 52.3 cm³/mol. The summed E-state index contributed by atoms with van der Waals surface area (Å²) in [5.74, 6) is 0. The minimum Gasteiger partial charge on any atom is -0.323 e. The summed E-state index contributed by atoms with van der Waals surface area (Å²) < 4.78 is 7.46. The van der Waals surface area contributed by atoms with Gasteiger partial charge in [-0.3, -0.25) is 0 Å². The molecule has 13 heavy (non-hydrogen) atoms. The Morgan fingerprint density at radius 1 is 1.23 bits per heavy atom. The third-order valence-electron chi connectivity index (χ3n) is 1.96. The van der Waals surface area contributed by atoms with Gasteiger partial charge in [0, 0.05) is 12.1 Å². The second kappa shape index (κ2) is 5.70. The molecule has 0 aliphatic rings. The molecule has 0 bridgehead atoms. The van der Waals surface area contributed by atoms with Crippen LogP contribution in [-0.4, -0.2) is 6.61 Å². The Bertz CT molecular complexity index is 230. The minimum absolute atomic E-state index is 0.665. The second-order valence-corrected chi connectivity index (χ2v) is 3.11. The summed E-state index contributed by atoms with van der Waals surface area (Å²) in [7, 11) is 0. The van der Waals surface area contributed by atoms with E-state index in [1.165, 1.54) is 5.56 Å². The molecule has 0 fully saturated rings. The van der Waals surface area contributed by atoms with Gasteiger partial charge in [-0.25, -0.2) is 0 Å². The molecule has 0 atom stereocenters. The molecular weight excluding hydrogens is 162 g/mol. The van der Waals surface area contributed by atoms with Crippen molar-refractivity contribution in [2.75, 3.05) is 6.61 Å². The SMILES string of the molecule is CCCOC[n+]1ccc(CC)cc1. The first-order chi connectivity index (χ1) is 6.36. The summed E-state index contributed by atoms with van der Waals surface area (Å²) in [6.07, 6.45) is 6.30. The lowest BCUT2D eigenvalue weighted by atomic mass is 10.2. The topological polar surface area (TPSA) is 13.1 Å². The molecule has 2 nitrogen and oxygen atoms in total. The molecule has 1 heterocycles. The Kier molecular flexibility index (Phi) is 4.47. The fourth-order valence-electron chi connectivity index (χ4n) is 1.12. The van der Waals surface area contributed by atoms with Crippen LogP contribution in [0, 0.1) is 0 Å². The predicted octanol–water partition coefficient (Wildman–Crippen LogP) is 1.92. The molecule has 0 radical (unpaired) electrons. The molecule has 0 aliphatic carbocycles. The molecule has 0 saturated carbocycles. The van der Waals surface area contributed by atoms with E-state index in [-0.39, 0.29) is 0 Å². The standard InChI is InChI=1S/C11H18NO/c1-3-9-13-10-12-7-5-11(4-2)6-8-12/h5-8H,3-4,9-10H2,1-2H3/q+1. The van der Waals surface area contributed by atoms with E-state index in [2.05, 4.69) is 42.9 Å². The van der Waals surface area contributed by atoms with Crippen molar-refractivity contribution in [2.45, 2.75) is 33.4 Å². The van der Waals surface area contributed by atoms with Crippen LogP contribution in [0.4, 0.5) is 0 Å². The third-order valence-corrected chi connectivity index (χ3v) is 1.96. The molecular formula is C11H18NO+. The van der Waals surface area contributed by atoms with E-state index < -0.39 is 0 Å². The van der Waals surface area contributed by atoms with Crippen LogP contribution in [0.25, 0.3) is 0 Å². The van der Waals surface area contributed by atoms with Crippen molar-refractivity contribution < 1.29 is 9.30 Å². The van der Waals surface area contributed by atoms with Crippen LogP contribution >= 0.6 is 0 Å². The Morgan fingerprint density at radius 2 is 1.92 bits per heavy atom. The maximum absolute atomic E-state index is 5.41. The first-order valence-electron chi connectivity index (χ1n) is 4.92. The van der Waals surface area contributed by atoms with E-state index in [1.54, 1.807) is 0 Å². The first-order valence-corrected chi connectivity index (χ1v) is 4.92. The van der Waals surface area contributed by atoms with Crippen molar-refractivity contribution in [3.05, 3.63) is 30.1 Å². The molecule has 0 spiro atoms. The lowest BCUT2D eigenvalue weighted by molar-refractivity contribution is -0.732. The van der Waals surface area contributed by atoms with Crippen molar-refractivity contribution in [3.63, 3.8) is 0 Å². The Hall–Kier alpha value is -0.890. The molecule has 2 heteroatoms. The van der Waals surface area contributed by atoms with Gasteiger partial charge in [0.2, 0.25) is 0 Å². The van der Waals surface area contributed by atoms with Gasteiger partial charge in [0.1, 0.15) is 0 Å². The number of aryl methyl sites for hydroxylation is 1. The Morgan fingerprint density at radius 3 is 2.46 bits per heavy atom. The number of nitrogens with zero attached hydrogens (tertiary/aromatic N) is 1.